The molecule has 156 valence electrons. The molecule has 1 aliphatic heterocycles. The zero-order valence-corrected chi connectivity index (χ0v) is 17.1. The molecule has 1 aromatic heterocycles. The number of likely N-dealkylation sites (tertiary alicyclic amines) is 1. The molecule has 1 fully saturated rings. The lowest BCUT2D eigenvalue weighted by molar-refractivity contribution is -0.136. The predicted octanol–water partition coefficient (Wildman–Crippen LogP) is 3.14. The molecular formula is C22H29FN4O2. The van der Waals surface area contributed by atoms with Crippen LogP contribution in [-0.2, 0) is 16.6 Å². The van der Waals surface area contributed by atoms with Crippen molar-refractivity contribution in [3.63, 3.8) is 0 Å². The number of anilines is 1. The second kappa shape index (κ2) is 9.69. The summed E-state index contributed by atoms with van der Waals surface area (Å²) in [5.74, 6) is -1.94. The van der Waals surface area contributed by atoms with Gasteiger partial charge in [0.15, 0.2) is 0 Å². The summed E-state index contributed by atoms with van der Waals surface area (Å²) in [6, 6.07) is 8.39. The van der Waals surface area contributed by atoms with Crippen LogP contribution in [0.1, 0.15) is 43.0 Å². The Bertz CT molecular complexity index is 856. The minimum absolute atomic E-state index is 0.00155. The first-order chi connectivity index (χ1) is 14.0. The van der Waals surface area contributed by atoms with E-state index in [9.17, 15) is 14.0 Å². The normalized spacial score (nSPS) is 16.1. The van der Waals surface area contributed by atoms with E-state index in [1.807, 2.05) is 19.3 Å². The van der Waals surface area contributed by atoms with Gasteiger partial charge in [-0.15, -0.1) is 0 Å². The van der Waals surface area contributed by atoms with Crippen molar-refractivity contribution in [1.29, 1.82) is 0 Å². The smallest absolute Gasteiger partial charge is 0.313 e. The number of nitrogens with zero attached hydrogens (tertiary/aromatic N) is 2. The fraction of sp³-hybridized carbons (Fsp3) is 0.455. The average Bonchev–Trinajstić information content (AvgIpc) is 2.94. The number of aromatic nitrogens is 1. The highest BCUT2D eigenvalue weighted by Gasteiger charge is 2.25. The van der Waals surface area contributed by atoms with Gasteiger partial charge in [-0.2, -0.15) is 0 Å². The summed E-state index contributed by atoms with van der Waals surface area (Å²) in [6.45, 7) is 3.92. The van der Waals surface area contributed by atoms with Crippen LogP contribution in [0.4, 0.5) is 10.1 Å². The van der Waals surface area contributed by atoms with Crippen LogP contribution < -0.4 is 10.6 Å². The largest absolute Gasteiger partial charge is 0.353 e. The van der Waals surface area contributed by atoms with Gasteiger partial charge in [0.2, 0.25) is 0 Å². The van der Waals surface area contributed by atoms with Crippen molar-refractivity contribution in [2.45, 2.75) is 38.6 Å². The molecule has 3 rings (SSSR count). The Hall–Kier alpha value is -2.67. The van der Waals surface area contributed by atoms with Crippen LogP contribution in [0, 0.1) is 12.7 Å². The average molecular weight is 400 g/mol. The van der Waals surface area contributed by atoms with Gasteiger partial charge in [-0.25, -0.2) is 4.39 Å². The minimum Gasteiger partial charge on any atom is -0.353 e. The SMILES string of the molecule is Cc1ccc(NC(=O)C(=O)NCC(c2cccn2C)N2CCCCCC2)cc1F. The van der Waals surface area contributed by atoms with Crippen LogP contribution in [0.25, 0.3) is 0 Å². The van der Waals surface area contributed by atoms with Crippen LogP contribution in [0.15, 0.2) is 36.5 Å². The van der Waals surface area contributed by atoms with Crippen LogP contribution >= 0.6 is 0 Å². The number of carbonyl (C=O) groups is 2. The summed E-state index contributed by atoms with van der Waals surface area (Å²) < 4.78 is 15.7. The van der Waals surface area contributed by atoms with E-state index < -0.39 is 17.6 Å². The molecule has 2 aromatic rings. The van der Waals surface area contributed by atoms with Gasteiger partial charge >= 0.3 is 11.8 Å². The second-order valence-electron chi connectivity index (χ2n) is 7.64. The summed E-state index contributed by atoms with van der Waals surface area (Å²) in [6.07, 6.45) is 6.69. The molecule has 0 bridgehead atoms. The lowest BCUT2D eigenvalue weighted by Crippen LogP contribution is -2.42. The van der Waals surface area contributed by atoms with E-state index in [1.165, 1.54) is 18.9 Å². The zero-order valence-electron chi connectivity index (χ0n) is 17.1. The number of carbonyl (C=O) groups excluding carboxylic acids is 2. The van der Waals surface area contributed by atoms with Gasteiger partial charge in [0.1, 0.15) is 5.82 Å². The highest BCUT2D eigenvalue weighted by Crippen LogP contribution is 2.24. The fourth-order valence-corrected chi connectivity index (χ4v) is 3.78. The molecule has 1 unspecified atom stereocenters. The third-order valence-corrected chi connectivity index (χ3v) is 5.50. The molecule has 2 heterocycles. The lowest BCUT2D eigenvalue weighted by Gasteiger charge is -2.31. The van der Waals surface area contributed by atoms with E-state index in [4.69, 9.17) is 0 Å². The van der Waals surface area contributed by atoms with Crippen LogP contribution in [0.3, 0.4) is 0 Å². The van der Waals surface area contributed by atoms with Crippen LogP contribution in [-0.4, -0.2) is 40.9 Å². The standard InChI is InChI=1S/C22H29FN4O2/c1-16-9-10-17(14-18(16)23)25-22(29)21(28)24-15-20(19-8-7-11-26(19)2)27-12-5-3-4-6-13-27/h7-11,14,20H,3-6,12-13,15H2,1-2H3,(H,24,28)(H,25,29). The minimum atomic E-state index is -0.797. The third kappa shape index (κ3) is 5.44. The van der Waals surface area contributed by atoms with Gasteiger partial charge in [0, 0.05) is 31.2 Å². The summed E-state index contributed by atoms with van der Waals surface area (Å²) in [7, 11) is 1.99. The van der Waals surface area contributed by atoms with E-state index in [2.05, 4.69) is 26.2 Å². The molecule has 1 aliphatic rings. The maximum atomic E-state index is 13.7. The van der Waals surface area contributed by atoms with Crippen molar-refractivity contribution in [1.82, 2.24) is 14.8 Å². The molecular weight excluding hydrogens is 371 g/mol. The molecule has 7 heteroatoms. The number of rotatable bonds is 5. The zero-order chi connectivity index (χ0) is 20.8. The number of hydrogen-bond acceptors (Lipinski definition) is 3. The molecule has 1 aromatic carbocycles. The third-order valence-electron chi connectivity index (χ3n) is 5.50. The van der Waals surface area contributed by atoms with E-state index in [0.29, 0.717) is 12.1 Å². The summed E-state index contributed by atoms with van der Waals surface area (Å²) in [5, 5.41) is 5.22. The Morgan fingerprint density at radius 3 is 2.45 bits per heavy atom. The Labute approximate surface area is 171 Å². The molecule has 29 heavy (non-hydrogen) atoms. The van der Waals surface area contributed by atoms with Gasteiger partial charge in [-0.3, -0.25) is 14.5 Å². The molecule has 1 saturated heterocycles. The second-order valence-corrected chi connectivity index (χ2v) is 7.64. The molecule has 0 spiro atoms. The van der Waals surface area contributed by atoms with Crippen molar-refractivity contribution in [3.8, 4) is 0 Å². The summed E-state index contributed by atoms with van der Waals surface area (Å²) in [5.41, 5.74) is 1.85. The van der Waals surface area contributed by atoms with Gasteiger partial charge in [0.05, 0.1) is 6.04 Å². The monoisotopic (exact) mass is 400 g/mol. The lowest BCUT2D eigenvalue weighted by atomic mass is 10.1. The molecule has 2 N–H and O–H groups in total. The number of benzene rings is 1. The van der Waals surface area contributed by atoms with E-state index in [0.717, 1.165) is 31.6 Å². The van der Waals surface area contributed by atoms with Gasteiger partial charge in [-0.1, -0.05) is 18.9 Å². The van der Waals surface area contributed by atoms with E-state index >= 15 is 0 Å². The van der Waals surface area contributed by atoms with E-state index in [1.54, 1.807) is 19.1 Å². The van der Waals surface area contributed by atoms with Gasteiger partial charge in [-0.05, 0) is 62.7 Å². The molecule has 2 amide bonds. The fourth-order valence-electron chi connectivity index (χ4n) is 3.78. The van der Waals surface area contributed by atoms with E-state index in [-0.39, 0.29) is 11.7 Å². The van der Waals surface area contributed by atoms with Crippen molar-refractivity contribution in [2.75, 3.05) is 25.0 Å². The van der Waals surface area contributed by atoms with Gasteiger partial charge < -0.3 is 15.2 Å². The van der Waals surface area contributed by atoms with Crippen molar-refractivity contribution < 1.29 is 14.0 Å². The summed E-state index contributed by atoms with van der Waals surface area (Å²) >= 11 is 0. The maximum absolute atomic E-state index is 13.7. The number of hydrogen-bond donors (Lipinski definition) is 2. The first-order valence-electron chi connectivity index (χ1n) is 10.2. The van der Waals surface area contributed by atoms with Gasteiger partial charge in [0.25, 0.3) is 0 Å². The first-order valence-corrected chi connectivity index (χ1v) is 10.2. The van der Waals surface area contributed by atoms with Crippen LogP contribution in [0.2, 0.25) is 0 Å². The Morgan fingerprint density at radius 2 is 1.83 bits per heavy atom. The first kappa shape index (κ1) is 21.0. The Balaban J connectivity index is 1.64. The highest BCUT2D eigenvalue weighted by atomic mass is 19.1. The molecule has 0 aliphatic carbocycles. The van der Waals surface area contributed by atoms with Crippen molar-refractivity contribution in [2.24, 2.45) is 7.05 Å². The quantitative estimate of drug-likeness (QED) is 0.758. The molecule has 6 nitrogen and oxygen atoms in total. The topological polar surface area (TPSA) is 66.4 Å². The number of nitrogens with one attached hydrogen (secondary N) is 2. The predicted molar refractivity (Wildman–Crippen MR) is 111 cm³/mol. The number of halogens is 1. The van der Waals surface area contributed by atoms with Crippen molar-refractivity contribution in [3.05, 3.63) is 53.6 Å². The highest BCUT2D eigenvalue weighted by molar-refractivity contribution is 6.39. The molecule has 0 saturated carbocycles. The molecule has 1 atom stereocenters. The maximum Gasteiger partial charge on any atom is 0.313 e. The Kier molecular flexibility index (Phi) is 7.04. The van der Waals surface area contributed by atoms with Crippen molar-refractivity contribution >= 4 is 17.5 Å². The number of amides is 2. The Morgan fingerprint density at radius 1 is 1.10 bits per heavy atom. The summed E-state index contributed by atoms with van der Waals surface area (Å²) in [4.78, 5) is 27.0. The molecule has 0 radical (unpaired) electrons. The number of aryl methyl sites for hydroxylation is 2. The van der Waals surface area contributed by atoms with Crippen LogP contribution in [0.5, 0.6) is 0 Å².